The van der Waals surface area contributed by atoms with Gasteiger partial charge in [0.2, 0.25) is 0 Å². The second-order valence-electron chi connectivity index (χ2n) is 0.696. The normalized spacial score (nSPS) is 7.60. The fraction of sp³-hybridized carbons (Fsp3) is 0.667. The Kier molecular flexibility index (Phi) is 2.28. The maximum Gasteiger partial charge on any atom is 0.185 e. The molecule has 0 atom stereocenters. The molecule has 0 radical (unpaired) electrons. The van der Waals surface area contributed by atoms with Crippen molar-refractivity contribution in [3.05, 3.63) is 0 Å². The molecule has 0 aromatic carbocycles. The van der Waals surface area contributed by atoms with E-state index in [1.807, 2.05) is 0 Å². The molecular formula is C3H6OS. The highest BCUT2D eigenvalue weighted by molar-refractivity contribution is 8.12. The molecule has 0 unspecified atom stereocenters. The van der Waals surface area contributed by atoms with Crippen LogP contribution in [0, 0.1) is 0 Å². The zero-order valence-corrected chi connectivity index (χ0v) is 4.13. The van der Waals surface area contributed by atoms with Crippen molar-refractivity contribution in [3.63, 3.8) is 0 Å². The summed E-state index contributed by atoms with van der Waals surface area (Å²) in [6.07, 6.45) is 1.77. The molecule has 5 heavy (non-hydrogen) atoms. The zero-order chi connectivity index (χ0) is 4.28. The Labute approximate surface area is 35.8 Å². The number of carbonyl (C=O) groups excluding carboxylic acids is 1. The highest BCUT2D eigenvalue weighted by Crippen LogP contribution is 1.88. The van der Waals surface area contributed by atoms with Gasteiger partial charge in [-0.3, -0.25) is 4.79 Å². The molecule has 0 amide bonds. The van der Waals surface area contributed by atoms with Crippen LogP contribution in [0.4, 0.5) is 0 Å². The molecule has 0 rings (SSSR count). The van der Waals surface area contributed by atoms with Gasteiger partial charge in [-0.1, -0.05) is 11.8 Å². The first-order chi connectivity index (χ1) is 2.27. The fourth-order valence-electron chi connectivity index (χ4n) is 0. The zero-order valence-electron chi connectivity index (χ0n) is 3.32. The molecule has 0 heterocycles. The van der Waals surface area contributed by atoms with Crippen molar-refractivity contribution < 1.29 is 4.79 Å². The van der Waals surface area contributed by atoms with Crippen LogP contribution in [0.25, 0.3) is 0 Å². The first kappa shape index (κ1) is 5.02. The Morgan fingerprint density at radius 1 is 1.80 bits per heavy atom. The third-order valence-electron chi connectivity index (χ3n) is 0.287. The van der Waals surface area contributed by atoms with Crippen molar-refractivity contribution in [1.82, 2.24) is 0 Å². The Bertz CT molecular complexity index is 42.2. The summed E-state index contributed by atoms with van der Waals surface area (Å²) in [5.41, 5.74) is 0. The van der Waals surface area contributed by atoms with E-state index in [9.17, 15) is 4.79 Å². The Balaban J connectivity index is 2.85. The minimum atomic E-state index is 0.171. The Morgan fingerprint density at radius 3 is 2.00 bits per heavy atom. The third-order valence-corrected chi connectivity index (χ3v) is 0.862. The van der Waals surface area contributed by atoms with Crippen LogP contribution in [0.15, 0.2) is 0 Å². The molecule has 0 aliphatic rings. The highest BCUT2D eigenvalue weighted by Gasteiger charge is 1.77. The first-order valence-corrected chi connectivity index (χ1v) is 2.54. The van der Waals surface area contributed by atoms with Gasteiger partial charge in [-0.2, -0.15) is 0 Å². The number of hydrogen-bond donors (Lipinski definition) is 0. The van der Waals surface area contributed by atoms with E-state index in [-0.39, 0.29) is 5.12 Å². The van der Waals surface area contributed by atoms with E-state index in [1.165, 1.54) is 11.8 Å². The largest absolute Gasteiger partial charge is 0.288 e. The summed E-state index contributed by atoms with van der Waals surface area (Å²) < 4.78 is 0. The SMILES string of the molecule is CSC(C)=O. The van der Waals surface area contributed by atoms with Gasteiger partial charge in [-0.05, 0) is 6.26 Å². The molecule has 1 nitrogen and oxygen atoms in total. The van der Waals surface area contributed by atoms with Gasteiger partial charge >= 0.3 is 0 Å². The van der Waals surface area contributed by atoms with Gasteiger partial charge in [0.1, 0.15) is 0 Å². The summed E-state index contributed by atoms with van der Waals surface area (Å²) in [6, 6.07) is 0. The van der Waals surface area contributed by atoms with Crippen molar-refractivity contribution in [1.29, 1.82) is 0 Å². The molecule has 0 N–H and O–H groups in total. The van der Waals surface area contributed by atoms with Crippen LogP contribution in [-0.2, 0) is 4.79 Å². The van der Waals surface area contributed by atoms with Gasteiger partial charge in [0.05, 0.1) is 0 Å². The first-order valence-electron chi connectivity index (χ1n) is 1.32. The van der Waals surface area contributed by atoms with E-state index in [4.69, 9.17) is 0 Å². The summed E-state index contributed by atoms with van der Waals surface area (Å²) in [6.45, 7) is 1.55. The number of carbonyl (C=O) groups is 1. The lowest BCUT2D eigenvalue weighted by molar-refractivity contribution is -0.109. The third kappa shape index (κ3) is 4.02. The maximum atomic E-state index is 9.78. The standard InChI is InChI=1S/C3H6OS/c1-3(4)5-2/h1-2H3. The lowest BCUT2D eigenvalue weighted by Gasteiger charge is -1.71. The molecule has 30 valence electrons. The van der Waals surface area contributed by atoms with Crippen molar-refractivity contribution in [2.24, 2.45) is 0 Å². The van der Waals surface area contributed by atoms with Crippen LogP contribution in [0.3, 0.4) is 0 Å². The Hall–Kier alpha value is 0.0200. The molecule has 0 aromatic rings. The molecule has 0 saturated carbocycles. The molecule has 0 bridgehead atoms. The summed E-state index contributed by atoms with van der Waals surface area (Å²) in [5.74, 6) is 0. The average Bonchev–Trinajstić information content (AvgIpc) is 1.38. The second-order valence-corrected chi connectivity index (χ2v) is 1.68. The lowest BCUT2D eigenvalue weighted by Crippen LogP contribution is -1.72. The predicted molar refractivity (Wildman–Crippen MR) is 24.2 cm³/mol. The summed E-state index contributed by atoms with van der Waals surface area (Å²) in [7, 11) is 0. The molecular weight excluding hydrogens is 84.1 g/mol. The molecule has 0 aromatic heterocycles. The summed E-state index contributed by atoms with van der Waals surface area (Å²) >= 11 is 1.24. The summed E-state index contributed by atoms with van der Waals surface area (Å²) in [4.78, 5) is 9.78. The second kappa shape index (κ2) is 2.27. The lowest BCUT2D eigenvalue weighted by atomic mass is 10.9. The van der Waals surface area contributed by atoms with Gasteiger partial charge in [0.25, 0.3) is 0 Å². The van der Waals surface area contributed by atoms with Gasteiger partial charge in [0.15, 0.2) is 5.12 Å². The van der Waals surface area contributed by atoms with E-state index in [1.54, 1.807) is 13.2 Å². The molecule has 0 aliphatic carbocycles. The van der Waals surface area contributed by atoms with Crippen LogP contribution in [-0.4, -0.2) is 11.4 Å². The topological polar surface area (TPSA) is 17.1 Å². The van der Waals surface area contributed by atoms with Gasteiger partial charge in [-0.25, -0.2) is 0 Å². The number of hydrogen-bond acceptors (Lipinski definition) is 2. The van der Waals surface area contributed by atoms with E-state index in [0.29, 0.717) is 0 Å². The van der Waals surface area contributed by atoms with Crippen molar-refractivity contribution in [2.75, 3.05) is 6.26 Å². The van der Waals surface area contributed by atoms with Crippen molar-refractivity contribution >= 4 is 16.9 Å². The molecule has 2 heteroatoms. The van der Waals surface area contributed by atoms with Crippen molar-refractivity contribution in [2.45, 2.75) is 6.92 Å². The Morgan fingerprint density at radius 2 is 2.00 bits per heavy atom. The van der Waals surface area contributed by atoms with Gasteiger partial charge < -0.3 is 0 Å². The smallest absolute Gasteiger partial charge is 0.185 e. The molecule has 0 fully saturated rings. The van der Waals surface area contributed by atoms with Crippen LogP contribution in [0.2, 0.25) is 0 Å². The van der Waals surface area contributed by atoms with Crippen LogP contribution < -0.4 is 0 Å². The number of rotatable bonds is 0. The molecule has 0 aliphatic heterocycles. The fourth-order valence-corrected chi connectivity index (χ4v) is 0. The van der Waals surface area contributed by atoms with Crippen molar-refractivity contribution in [3.8, 4) is 0 Å². The van der Waals surface area contributed by atoms with Crippen LogP contribution in [0.1, 0.15) is 6.92 Å². The van der Waals surface area contributed by atoms with Crippen LogP contribution in [0.5, 0.6) is 0 Å². The van der Waals surface area contributed by atoms with Crippen LogP contribution >= 0.6 is 11.8 Å². The van der Waals surface area contributed by atoms with Gasteiger partial charge in [-0.15, -0.1) is 0 Å². The van der Waals surface area contributed by atoms with E-state index < -0.39 is 0 Å². The summed E-state index contributed by atoms with van der Waals surface area (Å²) in [5, 5.41) is 0.171. The number of thioether (sulfide) groups is 1. The highest BCUT2D eigenvalue weighted by atomic mass is 32.2. The molecule has 0 saturated heterocycles. The van der Waals surface area contributed by atoms with Gasteiger partial charge in [0, 0.05) is 6.92 Å². The van der Waals surface area contributed by atoms with E-state index in [0.717, 1.165) is 0 Å². The predicted octanol–water partition coefficient (Wildman–Crippen LogP) is 0.896. The minimum absolute atomic E-state index is 0.171. The molecule has 0 spiro atoms. The maximum absolute atomic E-state index is 9.78. The van der Waals surface area contributed by atoms with E-state index in [2.05, 4.69) is 0 Å². The quantitative estimate of drug-likeness (QED) is 0.439. The monoisotopic (exact) mass is 90.0 g/mol. The average molecular weight is 90.1 g/mol. The minimum Gasteiger partial charge on any atom is -0.288 e. The van der Waals surface area contributed by atoms with E-state index >= 15 is 0 Å².